The zero-order valence-electron chi connectivity index (χ0n) is 6.45. The lowest BCUT2D eigenvalue weighted by Gasteiger charge is -2.08. The van der Waals surface area contributed by atoms with Crippen molar-refractivity contribution in [1.82, 2.24) is 0 Å². The maximum absolute atomic E-state index is 10.7. The van der Waals surface area contributed by atoms with Crippen molar-refractivity contribution < 1.29 is 18.9 Å². The smallest absolute Gasteiger partial charge is 0.349 e. The van der Waals surface area contributed by atoms with Gasteiger partial charge in [-0.05, 0) is 0 Å². The average molecular weight is 179 g/mol. The Balaban J connectivity index is 2.39. The van der Waals surface area contributed by atoms with E-state index >= 15 is 0 Å². The molecule has 1 aliphatic rings. The van der Waals surface area contributed by atoms with Crippen LogP contribution in [-0.4, -0.2) is 36.9 Å². The van der Waals surface area contributed by atoms with Crippen LogP contribution in [0.5, 0.6) is 0 Å². The molecule has 4 nitrogen and oxygen atoms in total. The molecule has 0 saturated carbocycles. The van der Waals surface area contributed by atoms with E-state index in [1.807, 2.05) is 0 Å². The van der Waals surface area contributed by atoms with Crippen molar-refractivity contribution in [3.63, 3.8) is 0 Å². The summed E-state index contributed by atoms with van der Waals surface area (Å²) in [5, 5.41) is 0. The lowest BCUT2D eigenvalue weighted by atomic mass is 10.5. The summed E-state index contributed by atoms with van der Waals surface area (Å²) in [6, 6.07) is 0. The van der Waals surface area contributed by atoms with Gasteiger partial charge in [-0.25, -0.2) is 14.2 Å². The first-order valence-corrected chi connectivity index (χ1v) is 5.50. The monoisotopic (exact) mass is 179 g/mol. The maximum Gasteiger partial charge on any atom is 0.349 e. The molecule has 0 radical (unpaired) electrons. The number of hydrogen-bond acceptors (Lipinski definition) is 4. The third-order valence-corrected chi connectivity index (χ3v) is 4.02. The molecular formula is C6H12O4P+. The van der Waals surface area contributed by atoms with Crippen molar-refractivity contribution in [2.24, 2.45) is 0 Å². The minimum absolute atomic E-state index is 0.0451. The number of carbonyl (C=O) groups is 1. The highest BCUT2D eigenvalue weighted by Gasteiger charge is 2.44. The number of esters is 1. The third-order valence-electron chi connectivity index (χ3n) is 1.59. The van der Waals surface area contributed by atoms with E-state index < -0.39 is 7.72 Å². The van der Waals surface area contributed by atoms with Crippen LogP contribution in [0.25, 0.3) is 0 Å². The van der Waals surface area contributed by atoms with Gasteiger partial charge in [0.15, 0.2) is 0 Å². The van der Waals surface area contributed by atoms with Crippen LogP contribution in [0.1, 0.15) is 6.42 Å². The highest BCUT2D eigenvalue weighted by Crippen LogP contribution is 2.59. The molecule has 0 aromatic rings. The molecule has 5 heteroatoms. The summed E-state index contributed by atoms with van der Waals surface area (Å²) in [4.78, 5) is 20.3. The van der Waals surface area contributed by atoms with Crippen molar-refractivity contribution in [3.05, 3.63) is 0 Å². The highest BCUT2D eigenvalue weighted by molar-refractivity contribution is 7.66. The molecule has 1 unspecified atom stereocenters. The second kappa shape index (κ2) is 3.48. The van der Waals surface area contributed by atoms with Crippen LogP contribution in [0.4, 0.5) is 0 Å². The fraction of sp³-hybridized carbons (Fsp3) is 0.833. The standard InChI is InChI=1S/C6H12O4P/c1-9-6(7)5-11(8)4-2-3-10-11/h8H,2-5H2,1H3/q+1. The van der Waals surface area contributed by atoms with Crippen LogP contribution in [0.2, 0.25) is 0 Å². The van der Waals surface area contributed by atoms with Crippen LogP contribution in [-0.2, 0) is 14.1 Å². The summed E-state index contributed by atoms with van der Waals surface area (Å²) in [5.74, 6) is -0.386. The van der Waals surface area contributed by atoms with Crippen molar-refractivity contribution >= 4 is 13.7 Å². The lowest BCUT2D eigenvalue weighted by molar-refractivity contribution is -0.137. The van der Waals surface area contributed by atoms with Crippen LogP contribution >= 0.6 is 7.72 Å². The Morgan fingerprint density at radius 3 is 3.00 bits per heavy atom. The minimum atomic E-state index is -2.37. The molecule has 0 bridgehead atoms. The first kappa shape index (κ1) is 8.91. The Labute approximate surface area is 66.0 Å². The average Bonchev–Trinajstić information content (AvgIpc) is 2.36. The van der Waals surface area contributed by atoms with Crippen LogP contribution < -0.4 is 0 Å². The molecule has 11 heavy (non-hydrogen) atoms. The second-order valence-corrected chi connectivity index (χ2v) is 5.21. The molecule has 1 fully saturated rings. The molecule has 1 N–H and O–H groups in total. The normalized spacial score (nSPS) is 30.4. The molecule has 0 aromatic carbocycles. The first-order valence-electron chi connectivity index (χ1n) is 3.47. The second-order valence-electron chi connectivity index (χ2n) is 2.49. The summed E-state index contributed by atoms with van der Waals surface area (Å²) in [6.07, 6.45) is 1.52. The van der Waals surface area contributed by atoms with Crippen LogP contribution in [0, 0.1) is 0 Å². The van der Waals surface area contributed by atoms with Gasteiger partial charge < -0.3 is 4.74 Å². The summed E-state index contributed by atoms with van der Waals surface area (Å²) < 4.78 is 9.50. The fourth-order valence-electron chi connectivity index (χ4n) is 1.00. The van der Waals surface area contributed by atoms with Crippen LogP contribution in [0.3, 0.4) is 0 Å². The Hall–Kier alpha value is -0.180. The van der Waals surface area contributed by atoms with E-state index in [0.717, 1.165) is 6.42 Å². The zero-order chi connectivity index (χ0) is 8.32. The van der Waals surface area contributed by atoms with E-state index in [1.165, 1.54) is 7.11 Å². The molecule has 1 atom stereocenters. The van der Waals surface area contributed by atoms with Crippen molar-refractivity contribution in [2.45, 2.75) is 6.42 Å². The van der Waals surface area contributed by atoms with Crippen molar-refractivity contribution in [3.8, 4) is 0 Å². The Morgan fingerprint density at radius 1 is 1.82 bits per heavy atom. The van der Waals surface area contributed by atoms with E-state index in [2.05, 4.69) is 4.74 Å². The number of ether oxygens (including phenoxy) is 1. The summed E-state index contributed by atoms with van der Waals surface area (Å²) >= 11 is 0. The molecular weight excluding hydrogens is 167 g/mol. The Kier molecular flexibility index (Phi) is 2.82. The molecule has 0 aromatic heterocycles. The van der Waals surface area contributed by atoms with Gasteiger partial charge in [0, 0.05) is 6.42 Å². The SMILES string of the molecule is COC(=O)C[P+]1(O)CCCO1. The Morgan fingerprint density at radius 2 is 2.55 bits per heavy atom. The molecule has 0 aliphatic carbocycles. The van der Waals surface area contributed by atoms with Crippen molar-refractivity contribution in [2.75, 3.05) is 26.0 Å². The first-order chi connectivity index (χ1) is 5.16. The van der Waals surface area contributed by atoms with E-state index in [9.17, 15) is 9.69 Å². The van der Waals surface area contributed by atoms with Gasteiger partial charge in [0.25, 0.3) is 7.72 Å². The van der Waals surface area contributed by atoms with Gasteiger partial charge in [0.1, 0.15) is 6.16 Å². The third kappa shape index (κ3) is 2.40. The fourth-order valence-corrected chi connectivity index (χ4v) is 3.00. The number of rotatable bonds is 2. The predicted octanol–water partition coefficient (Wildman–Crippen LogP) is 0.420. The van der Waals surface area contributed by atoms with Gasteiger partial charge in [0.2, 0.25) is 6.16 Å². The van der Waals surface area contributed by atoms with Gasteiger partial charge in [-0.2, -0.15) is 0 Å². The summed E-state index contributed by atoms with van der Waals surface area (Å²) in [5.41, 5.74) is 0. The topological polar surface area (TPSA) is 55.8 Å². The number of hydrogen-bond donors (Lipinski definition) is 1. The molecule has 1 saturated heterocycles. The summed E-state index contributed by atoms with van der Waals surface area (Å²) in [6.45, 7) is 0.571. The lowest BCUT2D eigenvalue weighted by Crippen LogP contribution is -2.11. The number of carbonyl (C=O) groups excluding carboxylic acids is 1. The minimum Gasteiger partial charge on any atom is -0.466 e. The number of methoxy groups -OCH3 is 1. The van der Waals surface area contributed by atoms with Gasteiger partial charge >= 0.3 is 5.97 Å². The van der Waals surface area contributed by atoms with Gasteiger partial charge in [0.05, 0.1) is 13.7 Å². The van der Waals surface area contributed by atoms with Crippen molar-refractivity contribution in [1.29, 1.82) is 0 Å². The van der Waals surface area contributed by atoms with E-state index in [-0.39, 0.29) is 12.1 Å². The molecule has 1 rings (SSSR count). The molecule has 64 valence electrons. The van der Waals surface area contributed by atoms with E-state index in [1.54, 1.807) is 0 Å². The largest absolute Gasteiger partial charge is 0.466 e. The highest BCUT2D eigenvalue weighted by atomic mass is 31.2. The van der Waals surface area contributed by atoms with Gasteiger partial charge in [-0.15, -0.1) is 0 Å². The van der Waals surface area contributed by atoms with Gasteiger partial charge in [-0.3, -0.25) is 0 Å². The molecule has 1 aliphatic heterocycles. The van der Waals surface area contributed by atoms with Gasteiger partial charge in [-0.1, -0.05) is 0 Å². The maximum atomic E-state index is 10.7. The molecule has 0 spiro atoms. The van der Waals surface area contributed by atoms with Crippen LogP contribution in [0.15, 0.2) is 0 Å². The summed E-state index contributed by atoms with van der Waals surface area (Å²) in [7, 11) is -1.06. The predicted molar refractivity (Wildman–Crippen MR) is 41.5 cm³/mol. The Bertz CT molecular complexity index is 153. The molecule has 0 amide bonds. The quantitative estimate of drug-likeness (QED) is 0.493. The molecule has 1 heterocycles. The van der Waals surface area contributed by atoms with E-state index in [0.29, 0.717) is 12.8 Å². The zero-order valence-corrected chi connectivity index (χ0v) is 7.34. The van der Waals surface area contributed by atoms with E-state index in [4.69, 9.17) is 4.52 Å².